The molecule has 2 aromatic rings. The lowest BCUT2D eigenvalue weighted by molar-refractivity contribution is 0.0527. The molecule has 0 spiro atoms. The zero-order chi connectivity index (χ0) is 19.6. The van der Waals surface area contributed by atoms with Crippen LogP contribution in [0.15, 0.2) is 23.1 Å². The van der Waals surface area contributed by atoms with E-state index in [0.717, 1.165) is 16.7 Å². The fourth-order valence-electron chi connectivity index (χ4n) is 2.27. The Morgan fingerprint density at radius 3 is 2.50 bits per heavy atom. The summed E-state index contributed by atoms with van der Waals surface area (Å²) in [5.41, 5.74) is 1.16. The molecule has 0 unspecified atom stereocenters. The molecule has 1 aromatic carbocycles. The van der Waals surface area contributed by atoms with Gasteiger partial charge in [0.25, 0.3) is 5.91 Å². The van der Waals surface area contributed by atoms with Crippen LogP contribution >= 0.6 is 22.9 Å². The second kappa shape index (κ2) is 7.77. The Hall–Kier alpha value is -1.90. The molecule has 1 N–H and O–H groups in total. The summed E-state index contributed by atoms with van der Waals surface area (Å²) in [4.78, 5) is 25.5. The maximum atomic E-state index is 12.6. The third kappa shape index (κ3) is 4.25. The zero-order valence-corrected chi connectivity index (χ0v) is 17.1. The maximum absolute atomic E-state index is 12.6. The predicted molar refractivity (Wildman–Crippen MR) is 102 cm³/mol. The monoisotopic (exact) mass is 415 g/mol. The summed E-state index contributed by atoms with van der Waals surface area (Å²) in [6.45, 7) is 5.53. The van der Waals surface area contributed by atoms with E-state index in [4.69, 9.17) is 16.3 Å². The van der Waals surface area contributed by atoms with Crippen LogP contribution in [0.2, 0.25) is 5.02 Å². The molecule has 0 fully saturated rings. The lowest BCUT2D eigenvalue weighted by Crippen LogP contribution is -2.15. The third-order valence-corrected chi connectivity index (χ3v) is 6.39. The van der Waals surface area contributed by atoms with Crippen molar-refractivity contribution in [2.45, 2.75) is 25.7 Å². The van der Waals surface area contributed by atoms with Crippen molar-refractivity contribution in [1.29, 1.82) is 0 Å². The molecule has 0 saturated carbocycles. The number of carbonyl (C=O) groups is 2. The number of ether oxygens (including phenoxy) is 1. The first-order chi connectivity index (χ1) is 12.1. The summed E-state index contributed by atoms with van der Waals surface area (Å²) < 4.78 is 28.6. The van der Waals surface area contributed by atoms with Gasteiger partial charge in [-0.1, -0.05) is 11.6 Å². The zero-order valence-electron chi connectivity index (χ0n) is 14.7. The molecule has 140 valence electrons. The highest BCUT2D eigenvalue weighted by Gasteiger charge is 2.23. The lowest BCUT2D eigenvalue weighted by atomic mass is 10.1. The van der Waals surface area contributed by atoms with Gasteiger partial charge in [-0.05, 0) is 44.5 Å². The largest absolute Gasteiger partial charge is 0.462 e. The normalized spacial score (nSPS) is 11.3. The van der Waals surface area contributed by atoms with Gasteiger partial charge >= 0.3 is 5.97 Å². The average Bonchev–Trinajstić information content (AvgIpc) is 2.81. The molecule has 1 amide bonds. The van der Waals surface area contributed by atoms with Gasteiger partial charge in [-0.3, -0.25) is 4.79 Å². The number of carbonyl (C=O) groups excluding carboxylic acids is 2. The molecular weight excluding hydrogens is 398 g/mol. The van der Waals surface area contributed by atoms with Gasteiger partial charge < -0.3 is 10.1 Å². The van der Waals surface area contributed by atoms with Crippen LogP contribution in [0.25, 0.3) is 0 Å². The number of thiophene rings is 1. The molecule has 0 aliphatic heterocycles. The number of esters is 1. The van der Waals surface area contributed by atoms with Crippen LogP contribution in [0, 0.1) is 13.8 Å². The van der Waals surface area contributed by atoms with Crippen molar-refractivity contribution < 1.29 is 22.7 Å². The summed E-state index contributed by atoms with van der Waals surface area (Å²) in [6.07, 6.45) is 1.01. The number of anilines is 1. The number of halogens is 1. The van der Waals surface area contributed by atoms with Crippen LogP contribution in [-0.4, -0.2) is 33.2 Å². The Labute approximate surface area is 161 Å². The Morgan fingerprint density at radius 1 is 1.27 bits per heavy atom. The number of nitrogens with one attached hydrogen (secondary N) is 1. The summed E-state index contributed by atoms with van der Waals surface area (Å²) in [6, 6.07) is 3.98. The fraction of sp³-hybridized carbons (Fsp3) is 0.294. The van der Waals surface area contributed by atoms with Gasteiger partial charge in [-0.2, -0.15) is 0 Å². The van der Waals surface area contributed by atoms with Crippen molar-refractivity contribution >= 4 is 49.7 Å². The number of aryl methyl sites for hydroxylation is 1. The molecule has 9 heteroatoms. The van der Waals surface area contributed by atoms with Gasteiger partial charge in [0.15, 0.2) is 9.84 Å². The van der Waals surface area contributed by atoms with Crippen LogP contribution in [0.3, 0.4) is 0 Å². The topological polar surface area (TPSA) is 89.5 Å². The summed E-state index contributed by atoms with van der Waals surface area (Å²) in [5, 5.41) is 3.07. The molecular formula is C17H18ClNO5S2. The van der Waals surface area contributed by atoms with Crippen LogP contribution in [0.5, 0.6) is 0 Å². The van der Waals surface area contributed by atoms with E-state index in [1.165, 1.54) is 29.5 Å². The first-order valence-electron chi connectivity index (χ1n) is 7.64. The highest BCUT2D eigenvalue weighted by Crippen LogP contribution is 2.33. The van der Waals surface area contributed by atoms with Gasteiger partial charge in [0.2, 0.25) is 0 Å². The highest BCUT2D eigenvalue weighted by atomic mass is 35.5. The Kier molecular flexibility index (Phi) is 6.10. The quantitative estimate of drug-likeness (QED) is 0.749. The van der Waals surface area contributed by atoms with Gasteiger partial charge in [0, 0.05) is 16.7 Å². The van der Waals surface area contributed by atoms with Crippen molar-refractivity contribution in [3.63, 3.8) is 0 Å². The summed E-state index contributed by atoms with van der Waals surface area (Å²) >= 11 is 7.16. The van der Waals surface area contributed by atoms with E-state index in [-0.39, 0.29) is 22.1 Å². The van der Waals surface area contributed by atoms with E-state index in [1.807, 2.05) is 6.92 Å². The fourth-order valence-corrected chi connectivity index (χ4v) is 4.61. The number of rotatable bonds is 5. The number of hydrogen-bond acceptors (Lipinski definition) is 6. The van der Waals surface area contributed by atoms with E-state index in [2.05, 4.69) is 5.32 Å². The Morgan fingerprint density at radius 2 is 1.92 bits per heavy atom. The predicted octanol–water partition coefficient (Wildman–Crippen LogP) is 3.85. The molecule has 0 bridgehead atoms. The number of hydrogen-bond donors (Lipinski definition) is 1. The smallest absolute Gasteiger partial charge is 0.341 e. The minimum absolute atomic E-state index is 0.0408. The van der Waals surface area contributed by atoms with Crippen LogP contribution in [0.4, 0.5) is 5.00 Å². The molecule has 0 radical (unpaired) electrons. The van der Waals surface area contributed by atoms with Crippen LogP contribution in [-0.2, 0) is 14.6 Å². The summed E-state index contributed by atoms with van der Waals surface area (Å²) in [7, 11) is -3.58. The first-order valence-corrected chi connectivity index (χ1v) is 10.7. The molecule has 0 aliphatic rings. The second-order valence-electron chi connectivity index (χ2n) is 5.58. The third-order valence-electron chi connectivity index (χ3n) is 3.68. The SMILES string of the molecule is CCOC(=O)c1c(NC(=O)c2ccc(Cl)c(S(C)(=O)=O)c2)sc(C)c1C. The summed E-state index contributed by atoms with van der Waals surface area (Å²) in [5.74, 6) is -1.06. The number of benzene rings is 1. The van der Waals surface area contributed by atoms with E-state index in [0.29, 0.717) is 10.6 Å². The van der Waals surface area contributed by atoms with Crippen molar-refractivity contribution in [3.8, 4) is 0 Å². The molecule has 0 atom stereocenters. The lowest BCUT2D eigenvalue weighted by Gasteiger charge is -2.09. The maximum Gasteiger partial charge on any atom is 0.341 e. The van der Waals surface area contributed by atoms with Gasteiger partial charge in [0.05, 0.1) is 22.1 Å². The Balaban J connectivity index is 2.40. The molecule has 6 nitrogen and oxygen atoms in total. The molecule has 26 heavy (non-hydrogen) atoms. The second-order valence-corrected chi connectivity index (χ2v) is 9.20. The molecule has 2 rings (SSSR count). The van der Waals surface area contributed by atoms with Crippen molar-refractivity contribution in [3.05, 3.63) is 44.8 Å². The minimum Gasteiger partial charge on any atom is -0.462 e. The van der Waals surface area contributed by atoms with E-state index >= 15 is 0 Å². The van der Waals surface area contributed by atoms with Gasteiger partial charge in [-0.25, -0.2) is 13.2 Å². The number of sulfone groups is 1. The van der Waals surface area contributed by atoms with Gasteiger partial charge in [-0.15, -0.1) is 11.3 Å². The average molecular weight is 416 g/mol. The Bertz CT molecular complexity index is 979. The van der Waals surface area contributed by atoms with Crippen molar-refractivity contribution in [2.75, 3.05) is 18.2 Å². The molecule has 0 saturated heterocycles. The molecule has 0 aliphatic carbocycles. The van der Waals surface area contributed by atoms with E-state index < -0.39 is 21.7 Å². The van der Waals surface area contributed by atoms with Gasteiger partial charge in [0.1, 0.15) is 5.00 Å². The highest BCUT2D eigenvalue weighted by molar-refractivity contribution is 7.90. The van der Waals surface area contributed by atoms with Crippen molar-refractivity contribution in [2.24, 2.45) is 0 Å². The van der Waals surface area contributed by atoms with Crippen molar-refractivity contribution in [1.82, 2.24) is 0 Å². The number of amides is 1. The van der Waals surface area contributed by atoms with E-state index in [1.54, 1.807) is 13.8 Å². The molecule has 1 heterocycles. The first kappa shape index (κ1) is 20.4. The van der Waals surface area contributed by atoms with Crippen LogP contribution < -0.4 is 5.32 Å². The minimum atomic E-state index is -3.58. The standard InChI is InChI=1S/C17H18ClNO5S2/c1-5-24-17(21)14-9(2)10(3)25-16(14)19-15(20)11-6-7-12(18)13(8-11)26(4,22)23/h6-8H,5H2,1-4H3,(H,19,20). The van der Waals surface area contributed by atoms with Crippen LogP contribution in [0.1, 0.15) is 38.1 Å². The van der Waals surface area contributed by atoms with E-state index in [9.17, 15) is 18.0 Å². The molecule has 1 aromatic heterocycles.